The van der Waals surface area contributed by atoms with E-state index in [9.17, 15) is 9.59 Å². The molecule has 2 amide bonds. The third kappa shape index (κ3) is 4.27. The maximum Gasteiger partial charge on any atom is 0.250 e. The Hall–Kier alpha value is -2.62. The molecule has 0 aliphatic carbocycles. The number of amides is 2. The Bertz CT molecular complexity index is 758. The van der Waals surface area contributed by atoms with Crippen molar-refractivity contribution in [2.75, 3.05) is 5.32 Å². The predicted octanol–water partition coefficient (Wildman–Crippen LogP) is 3.61. The topological polar surface area (TPSA) is 58.2 Å². The van der Waals surface area contributed by atoms with Crippen molar-refractivity contribution in [3.05, 3.63) is 65.7 Å². The van der Waals surface area contributed by atoms with Gasteiger partial charge in [0.15, 0.2) is 0 Å². The number of hydrogen-bond donors (Lipinski definition) is 2. The molecule has 4 nitrogen and oxygen atoms in total. The lowest BCUT2D eigenvalue weighted by Gasteiger charge is -2.32. The third-order valence-corrected chi connectivity index (χ3v) is 4.70. The highest BCUT2D eigenvalue weighted by atomic mass is 16.2. The fourth-order valence-corrected chi connectivity index (χ4v) is 3.41. The largest absolute Gasteiger partial charge is 0.341 e. The van der Waals surface area contributed by atoms with Crippen molar-refractivity contribution in [1.29, 1.82) is 0 Å². The standard InChI is InChI=1S/C21H24N2O2/c1-16-8-7-11-18(14-16)22-20(25)21(13-6-5-12-19(24)23-21)15-17-9-3-2-4-10-17/h2-4,7-11,14H,5-6,12-13,15H2,1H3,(H,22,25)(H,23,24). The zero-order chi connectivity index (χ0) is 17.7. The smallest absolute Gasteiger partial charge is 0.250 e. The van der Waals surface area contributed by atoms with Gasteiger partial charge in [0.2, 0.25) is 11.8 Å². The maximum absolute atomic E-state index is 13.2. The Balaban J connectivity index is 1.89. The minimum atomic E-state index is -0.904. The Morgan fingerprint density at radius 1 is 1.12 bits per heavy atom. The van der Waals surface area contributed by atoms with Crippen molar-refractivity contribution < 1.29 is 9.59 Å². The molecular weight excluding hydrogens is 312 g/mol. The number of rotatable bonds is 4. The second-order valence-corrected chi connectivity index (χ2v) is 6.82. The molecule has 0 bridgehead atoms. The summed E-state index contributed by atoms with van der Waals surface area (Å²) in [6.07, 6.45) is 3.30. The molecule has 1 heterocycles. The lowest BCUT2D eigenvalue weighted by Crippen LogP contribution is -2.57. The van der Waals surface area contributed by atoms with Crippen molar-refractivity contribution in [2.45, 2.75) is 44.6 Å². The van der Waals surface area contributed by atoms with Gasteiger partial charge in [-0.05, 0) is 43.0 Å². The molecule has 2 aromatic carbocycles. The predicted molar refractivity (Wildman–Crippen MR) is 99.3 cm³/mol. The van der Waals surface area contributed by atoms with Crippen molar-refractivity contribution >= 4 is 17.5 Å². The molecule has 4 heteroatoms. The van der Waals surface area contributed by atoms with Gasteiger partial charge in [-0.2, -0.15) is 0 Å². The number of nitrogens with one attached hydrogen (secondary N) is 2. The molecule has 1 unspecified atom stereocenters. The molecule has 1 aliphatic rings. The lowest BCUT2D eigenvalue weighted by atomic mass is 9.85. The SMILES string of the molecule is Cc1cccc(NC(=O)C2(Cc3ccccc3)CCCCC(=O)N2)c1. The van der Waals surface area contributed by atoms with Crippen LogP contribution in [0.25, 0.3) is 0 Å². The van der Waals surface area contributed by atoms with E-state index in [1.807, 2.05) is 61.5 Å². The molecule has 3 rings (SSSR count). The number of hydrogen-bond acceptors (Lipinski definition) is 2. The van der Waals surface area contributed by atoms with Gasteiger partial charge in [-0.15, -0.1) is 0 Å². The van der Waals surface area contributed by atoms with Crippen LogP contribution in [0.3, 0.4) is 0 Å². The third-order valence-electron chi connectivity index (χ3n) is 4.70. The molecule has 2 aromatic rings. The highest BCUT2D eigenvalue weighted by molar-refractivity contribution is 6.01. The summed E-state index contributed by atoms with van der Waals surface area (Å²) in [6, 6.07) is 17.6. The van der Waals surface area contributed by atoms with E-state index in [-0.39, 0.29) is 11.8 Å². The van der Waals surface area contributed by atoms with Gasteiger partial charge in [-0.1, -0.05) is 48.9 Å². The zero-order valence-corrected chi connectivity index (χ0v) is 14.5. The summed E-state index contributed by atoms with van der Waals surface area (Å²) in [6.45, 7) is 1.99. The number of carbonyl (C=O) groups excluding carboxylic acids is 2. The van der Waals surface area contributed by atoms with E-state index in [0.29, 0.717) is 19.3 Å². The van der Waals surface area contributed by atoms with Gasteiger partial charge in [-0.3, -0.25) is 9.59 Å². The molecule has 1 atom stereocenters. The monoisotopic (exact) mass is 336 g/mol. The van der Waals surface area contributed by atoms with E-state index in [1.165, 1.54) is 0 Å². The van der Waals surface area contributed by atoms with Crippen LogP contribution < -0.4 is 10.6 Å². The summed E-state index contributed by atoms with van der Waals surface area (Å²) in [7, 11) is 0. The average Bonchev–Trinajstić information content (AvgIpc) is 2.78. The lowest BCUT2D eigenvalue weighted by molar-refractivity contribution is -0.130. The summed E-state index contributed by atoms with van der Waals surface area (Å²) in [5.74, 6) is -0.190. The normalized spacial score (nSPS) is 20.4. The highest BCUT2D eigenvalue weighted by Crippen LogP contribution is 2.26. The summed E-state index contributed by atoms with van der Waals surface area (Å²) in [4.78, 5) is 25.4. The van der Waals surface area contributed by atoms with E-state index < -0.39 is 5.54 Å². The molecule has 1 aliphatic heterocycles. The van der Waals surface area contributed by atoms with Gasteiger partial charge >= 0.3 is 0 Å². The van der Waals surface area contributed by atoms with Crippen LogP contribution in [0.15, 0.2) is 54.6 Å². The highest BCUT2D eigenvalue weighted by Gasteiger charge is 2.40. The summed E-state index contributed by atoms with van der Waals surface area (Å²) >= 11 is 0. The van der Waals surface area contributed by atoms with Crippen molar-refractivity contribution in [3.63, 3.8) is 0 Å². The fourth-order valence-electron chi connectivity index (χ4n) is 3.41. The molecular formula is C21H24N2O2. The quantitative estimate of drug-likeness (QED) is 0.896. The van der Waals surface area contributed by atoms with Gasteiger partial charge in [0.05, 0.1) is 0 Å². The first-order chi connectivity index (χ1) is 12.1. The Morgan fingerprint density at radius 3 is 2.68 bits per heavy atom. The maximum atomic E-state index is 13.2. The number of benzene rings is 2. The van der Waals surface area contributed by atoms with Gasteiger partial charge in [0.25, 0.3) is 0 Å². The van der Waals surface area contributed by atoms with E-state index in [4.69, 9.17) is 0 Å². The van der Waals surface area contributed by atoms with E-state index in [2.05, 4.69) is 10.6 Å². The van der Waals surface area contributed by atoms with Gasteiger partial charge < -0.3 is 10.6 Å². The van der Waals surface area contributed by atoms with Crippen molar-refractivity contribution in [1.82, 2.24) is 5.32 Å². The number of carbonyl (C=O) groups is 2. The molecule has 0 saturated carbocycles. The van der Waals surface area contributed by atoms with E-state index in [0.717, 1.165) is 29.7 Å². The Labute approximate surface area is 148 Å². The van der Waals surface area contributed by atoms with E-state index in [1.54, 1.807) is 0 Å². The van der Waals surface area contributed by atoms with Crippen LogP contribution in [-0.4, -0.2) is 17.4 Å². The molecule has 0 spiro atoms. The molecule has 2 N–H and O–H groups in total. The summed E-state index contributed by atoms with van der Waals surface area (Å²) in [5.41, 5.74) is 1.98. The Kier molecular flexibility index (Phi) is 5.17. The fraction of sp³-hybridized carbons (Fsp3) is 0.333. The first-order valence-electron chi connectivity index (χ1n) is 8.80. The first-order valence-corrected chi connectivity index (χ1v) is 8.80. The first kappa shape index (κ1) is 17.2. The van der Waals surface area contributed by atoms with Crippen LogP contribution in [0.5, 0.6) is 0 Å². The van der Waals surface area contributed by atoms with Crippen LogP contribution in [0.2, 0.25) is 0 Å². The molecule has 1 fully saturated rings. The van der Waals surface area contributed by atoms with Crippen LogP contribution in [-0.2, 0) is 16.0 Å². The molecule has 0 aromatic heterocycles. The Morgan fingerprint density at radius 2 is 1.92 bits per heavy atom. The summed E-state index contributed by atoms with van der Waals surface area (Å²) < 4.78 is 0. The van der Waals surface area contributed by atoms with Gasteiger partial charge in [0, 0.05) is 18.5 Å². The van der Waals surface area contributed by atoms with E-state index >= 15 is 0 Å². The second-order valence-electron chi connectivity index (χ2n) is 6.82. The summed E-state index contributed by atoms with van der Waals surface area (Å²) in [5, 5.41) is 6.03. The van der Waals surface area contributed by atoms with Crippen LogP contribution >= 0.6 is 0 Å². The molecule has 1 saturated heterocycles. The van der Waals surface area contributed by atoms with Crippen LogP contribution in [0.4, 0.5) is 5.69 Å². The zero-order valence-electron chi connectivity index (χ0n) is 14.5. The van der Waals surface area contributed by atoms with Crippen LogP contribution in [0, 0.1) is 6.92 Å². The minimum Gasteiger partial charge on any atom is -0.341 e. The number of aryl methyl sites for hydroxylation is 1. The van der Waals surface area contributed by atoms with Crippen molar-refractivity contribution in [3.8, 4) is 0 Å². The molecule has 130 valence electrons. The molecule has 25 heavy (non-hydrogen) atoms. The van der Waals surface area contributed by atoms with Gasteiger partial charge in [0.1, 0.15) is 5.54 Å². The van der Waals surface area contributed by atoms with Crippen LogP contribution in [0.1, 0.15) is 36.8 Å². The average molecular weight is 336 g/mol. The second kappa shape index (κ2) is 7.51. The minimum absolute atomic E-state index is 0.0483. The van der Waals surface area contributed by atoms with Crippen molar-refractivity contribution in [2.24, 2.45) is 0 Å². The number of anilines is 1. The van der Waals surface area contributed by atoms with Gasteiger partial charge in [-0.25, -0.2) is 0 Å². The molecule has 0 radical (unpaired) electrons.